The van der Waals surface area contributed by atoms with Crippen molar-refractivity contribution in [3.63, 3.8) is 0 Å². The van der Waals surface area contributed by atoms with Gasteiger partial charge in [0, 0.05) is 43.9 Å². The van der Waals surface area contributed by atoms with Crippen LogP contribution >= 0.6 is 11.6 Å². The molecule has 128 valence electrons. The van der Waals surface area contributed by atoms with Crippen molar-refractivity contribution < 1.29 is 9.47 Å². The molecule has 0 atom stereocenters. The van der Waals surface area contributed by atoms with E-state index in [4.69, 9.17) is 21.1 Å². The number of hydrogen-bond donors (Lipinski definition) is 2. The summed E-state index contributed by atoms with van der Waals surface area (Å²) >= 11 is 5.97. The minimum absolute atomic E-state index is 0.623. The lowest BCUT2D eigenvalue weighted by molar-refractivity contribution is 0.123. The number of benzene rings is 1. The van der Waals surface area contributed by atoms with Crippen LogP contribution in [0.25, 0.3) is 0 Å². The number of aliphatic imine (C=N–C) groups is 1. The molecule has 0 radical (unpaired) electrons. The maximum atomic E-state index is 5.97. The third-order valence-corrected chi connectivity index (χ3v) is 3.96. The summed E-state index contributed by atoms with van der Waals surface area (Å²) in [7, 11) is 3.40. The number of nitrogens with one attached hydrogen (secondary N) is 2. The van der Waals surface area contributed by atoms with E-state index in [1.54, 1.807) is 14.2 Å². The molecule has 2 rings (SSSR count). The maximum absolute atomic E-state index is 5.97. The molecular weight excluding hydrogens is 314 g/mol. The van der Waals surface area contributed by atoms with Gasteiger partial charge in [0.2, 0.25) is 0 Å². The number of ether oxygens (including phenoxy) is 2. The van der Waals surface area contributed by atoms with Gasteiger partial charge in [0.25, 0.3) is 0 Å². The van der Waals surface area contributed by atoms with Crippen LogP contribution in [-0.2, 0) is 11.3 Å². The summed E-state index contributed by atoms with van der Waals surface area (Å²) in [6.07, 6.45) is 3.64. The van der Waals surface area contributed by atoms with E-state index in [9.17, 15) is 0 Å². The van der Waals surface area contributed by atoms with Crippen LogP contribution in [0.5, 0.6) is 5.75 Å². The fourth-order valence-electron chi connectivity index (χ4n) is 2.18. The summed E-state index contributed by atoms with van der Waals surface area (Å²) in [4.78, 5) is 4.22. The van der Waals surface area contributed by atoms with Gasteiger partial charge in [-0.15, -0.1) is 0 Å². The number of rotatable bonds is 9. The van der Waals surface area contributed by atoms with Gasteiger partial charge in [-0.2, -0.15) is 0 Å². The lowest BCUT2D eigenvalue weighted by Gasteiger charge is -2.14. The highest BCUT2D eigenvalue weighted by Gasteiger charge is 2.20. The Kier molecular flexibility index (Phi) is 7.49. The minimum atomic E-state index is 0.623. The second-order valence-electron chi connectivity index (χ2n) is 5.68. The van der Waals surface area contributed by atoms with Crippen LogP contribution in [0, 0.1) is 5.92 Å². The van der Waals surface area contributed by atoms with Crippen molar-refractivity contribution in [2.24, 2.45) is 10.9 Å². The number of nitrogens with zero attached hydrogens (tertiary/aromatic N) is 1. The number of halogens is 1. The van der Waals surface area contributed by atoms with Crippen LogP contribution in [0.1, 0.15) is 24.8 Å². The lowest BCUT2D eigenvalue weighted by atomic mass is 10.2. The maximum Gasteiger partial charge on any atom is 0.191 e. The Bertz CT molecular complexity index is 519. The van der Waals surface area contributed by atoms with Gasteiger partial charge in [0.15, 0.2) is 5.96 Å². The van der Waals surface area contributed by atoms with Crippen LogP contribution in [-0.4, -0.2) is 39.9 Å². The molecule has 0 spiro atoms. The predicted molar refractivity (Wildman–Crippen MR) is 94.4 cm³/mol. The van der Waals surface area contributed by atoms with Crippen LogP contribution in [0.4, 0.5) is 0 Å². The molecule has 0 saturated heterocycles. The summed E-state index contributed by atoms with van der Waals surface area (Å²) in [5.41, 5.74) is 1.03. The Morgan fingerprint density at radius 2 is 2.17 bits per heavy atom. The van der Waals surface area contributed by atoms with E-state index in [0.717, 1.165) is 49.4 Å². The first-order valence-corrected chi connectivity index (χ1v) is 8.45. The first-order valence-electron chi connectivity index (χ1n) is 8.07. The molecule has 1 aromatic rings. The van der Waals surface area contributed by atoms with E-state index < -0.39 is 0 Å². The van der Waals surface area contributed by atoms with Gasteiger partial charge in [-0.1, -0.05) is 17.7 Å². The second-order valence-corrected chi connectivity index (χ2v) is 6.12. The topological polar surface area (TPSA) is 54.9 Å². The summed E-state index contributed by atoms with van der Waals surface area (Å²) < 4.78 is 11.0. The van der Waals surface area contributed by atoms with Gasteiger partial charge in [0.05, 0.1) is 7.11 Å². The van der Waals surface area contributed by atoms with Crippen molar-refractivity contribution in [2.45, 2.75) is 25.8 Å². The quantitative estimate of drug-likeness (QED) is 0.412. The van der Waals surface area contributed by atoms with Crippen LogP contribution in [0.15, 0.2) is 23.2 Å². The molecule has 0 heterocycles. The number of methoxy groups -OCH3 is 1. The van der Waals surface area contributed by atoms with Crippen molar-refractivity contribution >= 4 is 17.6 Å². The van der Waals surface area contributed by atoms with Gasteiger partial charge >= 0.3 is 0 Å². The molecule has 0 amide bonds. The average Bonchev–Trinajstić information content (AvgIpc) is 3.38. The fraction of sp³-hybridized carbons (Fsp3) is 0.588. The Morgan fingerprint density at radius 3 is 2.87 bits per heavy atom. The lowest BCUT2D eigenvalue weighted by Crippen LogP contribution is -2.37. The van der Waals surface area contributed by atoms with Crippen molar-refractivity contribution in [1.29, 1.82) is 0 Å². The molecule has 1 aliphatic carbocycles. The number of guanidine groups is 1. The van der Waals surface area contributed by atoms with Crippen molar-refractivity contribution in [2.75, 3.05) is 33.9 Å². The van der Waals surface area contributed by atoms with Crippen LogP contribution < -0.4 is 15.4 Å². The summed E-state index contributed by atoms with van der Waals surface area (Å²) in [6, 6.07) is 5.62. The molecule has 1 aliphatic rings. The van der Waals surface area contributed by atoms with E-state index in [1.807, 2.05) is 18.2 Å². The molecule has 2 N–H and O–H groups in total. The Morgan fingerprint density at radius 1 is 1.35 bits per heavy atom. The Labute approximate surface area is 143 Å². The zero-order valence-electron chi connectivity index (χ0n) is 13.9. The van der Waals surface area contributed by atoms with Gasteiger partial charge < -0.3 is 20.1 Å². The standard InChI is InChI=1S/C17H26ClN3O2/c1-19-17(20-8-3-9-23-12-13-4-5-13)21-11-14-6-7-15(18)10-16(14)22-2/h6-7,10,13H,3-5,8-9,11-12H2,1-2H3,(H2,19,20,21). The van der Waals surface area contributed by atoms with E-state index in [0.29, 0.717) is 11.6 Å². The molecule has 1 aromatic carbocycles. The molecule has 1 fully saturated rings. The minimum Gasteiger partial charge on any atom is -0.496 e. The Hall–Kier alpha value is -1.46. The smallest absolute Gasteiger partial charge is 0.191 e. The molecule has 5 nitrogen and oxygen atoms in total. The molecule has 0 bridgehead atoms. The first kappa shape index (κ1) is 17.9. The summed E-state index contributed by atoms with van der Waals surface area (Å²) in [5.74, 6) is 2.37. The molecule has 0 unspecified atom stereocenters. The van der Waals surface area contributed by atoms with Crippen molar-refractivity contribution in [3.8, 4) is 5.75 Å². The highest BCUT2D eigenvalue weighted by Crippen LogP contribution is 2.28. The highest BCUT2D eigenvalue weighted by molar-refractivity contribution is 6.30. The van der Waals surface area contributed by atoms with E-state index >= 15 is 0 Å². The van der Waals surface area contributed by atoms with E-state index in [1.165, 1.54) is 12.8 Å². The average molecular weight is 340 g/mol. The van der Waals surface area contributed by atoms with Crippen molar-refractivity contribution in [1.82, 2.24) is 10.6 Å². The predicted octanol–water partition coefficient (Wildman–Crippen LogP) is 2.83. The highest BCUT2D eigenvalue weighted by atomic mass is 35.5. The largest absolute Gasteiger partial charge is 0.496 e. The molecule has 23 heavy (non-hydrogen) atoms. The number of hydrogen-bond acceptors (Lipinski definition) is 3. The molecular formula is C17H26ClN3O2. The van der Waals surface area contributed by atoms with Crippen molar-refractivity contribution in [3.05, 3.63) is 28.8 Å². The van der Waals surface area contributed by atoms with Crippen LogP contribution in [0.2, 0.25) is 5.02 Å². The van der Waals surface area contributed by atoms with E-state index in [2.05, 4.69) is 15.6 Å². The zero-order valence-corrected chi connectivity index (χ0v) is 14.7. The Balaban J connectivity index is 1.65. The fourth-order valence-corrected chi connectivity index (χ4v) is 2.34. The van der Waals surface area contributed by atoms with E-state index in [-0.39, 0.29) is 0 Å². The monoisotopic (exact) mass is 339 g/mol. The van der Waals surface area contributed by atoms with Gasteiger partial charge in [0.1, 0.15) is 5.75 Å². The summed E-state index contributed by atoms with van der Waals surface area (Å²) in [6.45, 7) is 3.18. The normalized spacial score (nSPS) is 14.7. The summed E-state index contributed by atoms with van der Waals surface area (Å²) in [5, 5.41) is 7.22. The molecule has 1 saturated carbocycles. The second kappa shape index (κ2) is 9.63. The molecule has 6 heteroatoms. The third kappa shape index (κ3) is 6.67. The zero-order chi connectivity index (χ0) is 16.5. The molecule has 0 aromatic heterocycles. The first-order chi connectivity index (χ1) is 11.2. The SMILES string of the molecule is CN=C(NCCCOCC1CC1)NCc1ccc(Cl)cc1OC. The third-order valence-electron chi connectivity index (χ3n) is 3.73. The van der Waals surface area contributed by atoms with Gasteiger partial charge in [-0.25, -0.2) is 0 Å². The van der Waals surface area contributed by atoms with Crippen LogP contribution in [0.3, 0.4) is 0 Å². The van der Waals surface area contributed by atoms with Gasteiger partial charge in [-0.3, -0.25) is 4.99 Å². The van der Waals surface area contributed by atoms with Gasteiger partial charge in [-0.05, 0) is 37.3 Å². The molecule has 0 aliphatic heterocycles.